The molecule has 0 spiro atoms. The molecule has 1 N–H and O–H groups in total. The summed E-state index contributed by atoms with van der Waals surface area (Å²) >= 11 is 12.4. The van der Waals surface area contributed by atoms with Crippen LogP contribution < -0.4 is 5.56 Å². The fraction of sp³-hybridized carbons (Fsp3) is 0.333. The standard InChI is InChI=1S/C18H18Cl2N4O2/c1-11-17(14-3-2-12(19)8-15(14)20)18-21-13(9-16(25)24(18)22-11)10-23-4-6-26-7-5-23/h2-3,8-9,21H,4-7,10H2,1H3. The molecule has 1 aliphatic rings. The van der Waals surface area contributed by atoms with Crippen LogP contribution in [-0.2, 0) is 11.3 Å². The number of rotatable bonds is 3. The Balaban J connectivity index is 1.82. The van der Waals surface area contributed by atoms with E-state index >= 15 is 0 Å². The highest BCUT2D eigenvalue weighted by atomic mass is 35.5. The largest absolute Gasteiger partial charge is 0.379 e. The zero-order valence-corrected chi connectivity index (χ0v) is 15.8. The average molecular weight is 393 g/mol. The van der Waals surface area contributed by atoms with Crippen molar-refractivity contribution in [3.05, 3.63) is 56.1 Å². The fourth-order valence-electron chi connectivity index (χ4n) is 3.30. The zero-order valence-electron chi connectivity index (χ0n) is 14.3. The number of hydrogen-bond donors (Lipinski definition) is 1. The quantitative estimate of drug-likeness (QED) is 0.743. The van der Waals surface area contributed by atoms with Gasteiger partial charge >= 0.3 is 0 Å². The van der Waals surface area contributed by atoms with E-state index in [1.54, 1.807) is 18.2 Å². The van der Waals surface area contributed by atoms with Crippen LogP contribution in [0.4, 0.5) is 0 Å². The number of nitrogens with zero attached hydrogens (tertiary/aromatic N) is 3. The second kappa shape index (κ2) is 7.04. The Morgan fingerprint density at radius 3 is 2.73 bits per heavy atom. The Kier molecular flexibility index (Phi) is 4.75. The van der Waals surface area contributed by atoms with Gasteiger partial charge < -0.3 is 9.72 Å². The maximum atomic E-state index is 12.6. The van der Waals surface area contributed by atoms with E-state index in [9.17, 15) is 4.79 Å². The summed E-state index contributed by atoms with van der Waals surface area (Å²) in [5.74, 6) is 0. The number of aromatic nitrogens is 3. The lowest BCUT2D eigenvalue weighted by molar-refractivity contribution is 0.0336. The molecule has 0 saturated carbocycles. The minimum absolute atomic E-state index is 0.165. The molecule has 8 heteroatoms. The van der Waals surface area contributed by atoms with Crippen molar-refractivity contribution in [2.45, 2.75) is 13.5 Å². The number of hydrogen-bond acceptors (Lipinski definition) is 4. The molecule has 6 nitrogen and oxygen atoms in total. The average Bonchev–Trinajstić information content (AvgIpc) is 2.93. The lowest BCUT2D eigenvalue weighted by atomic mass is 10.1. The lowest BCUT2D eigenvalue weighted by Gasteiger charge is -2.26. The Labute approximate surface area is 160 Å². The maximum Gasteiger partial charge on any atom is 0.274 e. The van der Waals surface area contributed by atoms with Gasteiger partial charge in [-0.25, -0.2) is 0 Å². The summed E-state index contributed by atoms with van der Waals surface area (Å²) in [6.45, 7) is 5.64. The molecule has 0 unspecified atom stereocenters. The van der Waals surface area contributed by atoms with E-state index in [4.69, 9.17) is 27.9 Å². The molecule has 4 rings (SSSR count). The zero-order chi connectivity index (χ0) is 18.3. The maximum absolute atomic E-state index is 12.6. The van der Waals surface area contributed by atoms with Crippen molar-refractivity contribution in [3.63, 3.8) is 0 Å². The van der Waals surface area contributed by atoms with Gasteiger partial charge in [0, 0.05) is 47.5 Å². The van der Waals surface area contributed by atoms with Crippen LogP contribution >= 0.6 is 23.2 Å². The number of halogens is 2. The van der Waals surface area contributed by atoms with Gasteiger partial charge in [-0.05, 0) is 19.1 Å². The summed E-state index contributed by atoms with van der Waals surface area (Å²) < 4.78 is 6.77. The summed E-state index contributed by atoms with van der Waals surface area (Å²) in [6, 6.07) is 6.92. The number of benzene rings is 1. The molecule has 0 amide bonds. The van der Waals surface area contributed by atoms with Gasteiger partial charge in [-0.15, -0.1) is 0 Å². The number of morpholine rings is 1. The van der Waals surface area contributed by atoms with Crippen LogP contribution in [0.5, 0.6) is 0 Å². The molecule has 2 aromatic heterocycles. The molecule has 0 aliphatic carbocycles. The van der Waals surface area contributed by atoms with Crippen molar-refractivity contribution in [3.8, 4) is 11.1 Å². The number of nitrogens with one attached hydrogen (secondary N) is 1. The summed E-state index contributed by atoms with van der Waals surface area (Å²) in [5, 5.41) is 5.48. The van der Waals surface area contributed by atoms with E-state index in [-0.39, 0.29) is 5.56 Å². The van der Waals surface area contributed by atoms with Gasteiger partial charge in [-0.1, -0.05) is 29.3 Å². The van der Waals surface area contributed by atoms with Crippen molar-refractivity contribution < 1.29 is 4.74 Å². The highest BCUT2D eigenvalue weighted by Crippen LogP contribution is 2.34. The van der Waals surface area contributed by atoms with E-state index in [0.717, 1.165) is 35.6 Å². The SMILES string of the molecule is Cc1nn2c(=O)cc(CN3CCOCC3)[nH]c2c1-c1ccc(Cl)cc1Cl. The van der Waals surface area contributed by atoms with Crippen molar-refractivity contribution in [2.75, 3.05) is 26.3 Å². The van der Waals surface area contributed by atoms with Gasteiger partial charge in [-0.2, -0.15) is 9.61 Å². The lowest BCUT2D eigenvalue weighted by Crippen LogP contribution is -2.36. The minimum atomic E-state index is -0.165. The van der Waals surface area contributed by atoms with Crippen molar-refractivity contribution >= 4 is 28.8 Å². The monoisotopic (exact) mass is 392 g/mol. The first-order chi connectivity index (χ1) is 12.5. The first-order valence-electron chi connectivity index (χ1n) is 8.40. The van der Waals surface area contributed by atoms with Crippen LogP contribution in [0.15, 0.2) is 29.1 Å². The molecular weight excluding hydrogens is 375 g/mol. The summed E-state index contributed by atoms with van der Waals surface area (Å²) in [6.07, 6.45) is 0. The number of ether oxygens (including phenoxy) is 1. The normalized spacial score (nSPS) is 15.7. The number of aromatic amines is 1. The van der Waals surface area contributed by atoms with Crippen LogP contribution in [0.25, 0.3) is 16.8 Å². The Morgan fingerprint density at radius 2 is 2.00 bits per heavy atom. The van der Waals surface area contributed by atoms with Gasteiger partial charge in [0.25, 0.3) is 5.56 Å². The predicted molar refractivity (Wildman–Crippen MR) is 102 cm³/mol. The van der Waals surface area contributed by atoms with Gasteiger partial charge in [-0.3, -0.25) is 9.69 Å². The molecule has 1 fully saturated rings. The minimum Gasteiger partial charge on any atom is -0.379 e. The fourth-order valence-corrected chi connectivity index (χ4v) is 3.80. The van der Waals surface area contributed by atoms with Crippen LogP contribution in [0.1, 0.15) is 11.4 Å². The van der Waals surface area contributed by atoms with Crippen LogP contribution in [0.3, 0.4) is 0 Å². The van der Waals surface area contributed by atoms with Crippen LogP contribution in [-0.4, -0.2) is 45.8 Å². The van der Waals surface area contributed by atoms with Crippen molar-refractivity contribution in [2.24, 2.45) is 0 Å². The molecule has 136 valence electrons. The van der Waals surface area contributed by atoms with E-state index < -0.39 is 0 Å². The van der Waals surface area contributed by atoms with Gasteiger partial charge in [0.15, 0.2) is 0 Å². The molecule has 0 bridgehead atoms. The molecule has 1 saturated heterocycles. The van der Waals surface area contributed by atoms with E-state index in [0.29, 0.717) is 35.5 Å². The van der Waals surface area contributed by atoms with E-state index in [2.05, 4.69) is 15.0 Å². The highest BCUT2D eigenvalue weighted by molar-refractivity contribution is 6.36. The van der Waals surface area contributed by atoms with Crippen molar-refractivity contribution in [1.29, 1.82) is 0 Å². The Morgan fingerprint density at radius 1 is 1.23 bits per heavy atom. The first kappa shape index (κ1) is 17.5. The molecule has 3 heterocycles. The Bertz CT molecular complexity index is 1020. The molecular formula is C18H18Cl2N4O2. The summed E-state index contributed by atoms with van der Waals surface area (Å²) in [4.78, 5) is 18.2. The molecule has 26 heavy (non-hydrogen) atoms. The number of aryl methyl sites for hydroxylation is 1. The smallest absolute Gasteiger partial charge is 0.274 e. The highest BCUT2D eigenvalue weighted by Gasteiger charge is 2.18. The molecule has 1 aliphatic heterocycles. The summed E-state index contributed by atoms with van der Waals surface area (Å²) in [7, 11) is 0. The number of fused-ring (bicyclic) bond motifs is 1. The predicted octanol–water partition coefficient (Wildman–Crippen LogP) is 3.14. The number of H-pyrrole nitrogens is 1. The van der Waals surface area contributed by atoms with Gasteiger partial charge in [0.2, 0.25) is 0 Å². The van der Waals surface area contributed by atoms with Gasteiger partial charge in [0.05, 0.1) is 23.9 Å². The first-order valence-corrected chi connectivity index (χ1v) is 9.15. The van der Waals surface area contributed by atoms with Crippen LogP contribution in [0.2, 0.25) is 10.0 Å². The Hall–Kier alpha value is -1.86. The molecule has 0 radical (unpaired) electrons. The van der Waals surface area contributed by atoms with Crippen LogP contribution in [0, 0.1) is 6.92 Å². The van der Waals surface area contributed by atoms with Gasteiger partial charge in [0.1, 0.15) is 5.65 Å². The molecule has 1 aromatic carbocycles. The third kappa shape index (κ3) is 3.25. The third-order valence-electron chi connectivity index (χ3n) is 4.54. The topological polar surface area (TPSA) is 62.6 Å². The van der Waals surface area contributed by atoms with E-state index in [1.165, 1.54) is 4.52 Å². The second-order valence-corrected chi connectivity index (χ2v) is 7.21. The van der Waals surface area contributed by atoms with E-state index in [1.807, 2.05) is 13.0 Å². The molecule has 3 aromatic rings. The molecule has 0 atom stereocenters. The van der Waals surface area contributed by atoms with Crippen molar-refractivity contribution in [1.82, 2.24) is 19.5 Å². The third-order valence-corrected chi connectivity index (χ3v) is 5.09. The second-order valence-electron chi connectivity index (χ2n) is 6.37. The summed E-state index contributed by atoms with van der Waals surface area (Å²) in [5.41, 5.74) is 3.65.